The third-order valence-electron chi connectivity index (χ3n) is 4.38. The molecule has 0 saturated carbocycles. The summed E-state index contributed by atoms with van der Waals surface area (Å²) in [5.41, 5.74) is 0.668. The van der Waals surface area contributed by atoms with Gasteiger partial charge in [-0.25, -0.2) is 0 Å². The normalized spacial score (nSPS) is 34.1. The topological polar surface area (TPSA) is 38.7 Å². The molecule has 3 atom stereocenters. The van der Waals surface area contributed by atoms with Crippen molar-refractivity contribution in [3.8, 4) is 5.75 Å². The summed E-state index contributed by atoms with van der Waals surface area (Å²) in [4.78, 5) is 0. The standard InChI is InChI=1S/C16H22O3/c1-11(2)15-10-16(7-8-18-15)9-13(17)12-5-3-4-6-14(12)19-16/h3-6,11,13,15,17H,7-10H2,1-2H3/t13-,15?,16?/m0/s1. The van der Waals surface area contributed by atoms with E-state index < -0.39 is 6.10 Å². The number of para-hydroxylation sites is 1. The van der Waals surface area contributed by atoms with Crippen molar-refractivity contribution in [3.63, 3.8) is 0 Å². The van der Waals surface area contributed by atoms with Gasteiger partial charge in [0.1, 0.15) is 11.4 Å². The number of benzene rings is 1. The van der Waals surface area contributed by atoms with Crippen LogP contribution >= 0.6 is 0 Å². The zero-order chi connectivity index (χ0) is 13.5. The highest BCUT2D eigenvalue weighted by molar-refractivity contribution is 5.38. The lowest BCUT2D eigenvalue weighted by atomic mass is 9.79. The highest BCUT2D eigenvalue weighted by atomic mass is 16.5. The summed E-state index contributed by atoms with van der Waals surface area (Å²) >= 11 is 0. The minimum atomic E-state index is -0.420. The van der Waals surface area contributed by atoms with Crippen LogP contribution in [0.25, 0.3) is 0 Å². The minimum absolute atomic E-state index is 0.228. The maximum Gasteiger partial charge on any atom is 0.125 e. The predicted molar refractivity (Wildman–Crippen MR) is 73.2 cm³/mol. The van der Waals surface area contributed by atoms with Gasteiger partial charge >= 0.3 is 0 Å². The Hall–Kier alpha value is -1.06. The molecule has 1 aromatic rings. The molecular weight excluding hydrogens is 240 g/mol. The van der Waals surface area contributed by atoms with Crippen LogP contribution < -0.4 is 4.74 Å². The maximum absolute atomic E-state index is 10.4. The van der Waals surface area contributed by atoms with Crippen LogP contribution in [0.5, 0.6) is 5.75 Å². The Morgan fingerprint density at radius 3 is 2.84 bits per heavy atom. The molecule has 0 radical (unpaired) electrons. The number of hydrogen-bond acceptors (Lipinski definition) is 3. The molecule has 1 N–H and O–H groups in total. The Bertz CT molecular complexity index is 457. The Balaban J connectivity index is 1.87. The van der Waals surface area contributed by atoms with Crippen LogP contribution in [-0.4, -0.2) is 23.4 Å². The molecule has 0 aliphatic carbocycles. The molecule has 0 bridgehead atoms. The summed E-state index contributed by atoms with van der Waals surface area (Å²) in [6.45, 7) is 5.07. The van der Waals surface area contributed by atoms with E-state index in [1.807, 2.05) is 24.3 Å². The number of fused-ring (bicyclic) bond motifs is 1. The predicted octanol–water partition coefficient (Wildman–Crippen LogP) is 3.08. The van der Waals surface area contributed by atoms with Crippen molar-refractivity contribution in [3.05, 3.63) is 29.8 Å². The highest BCUT2D eigenvalue weighted by Crippen LogP contribution is 2.45. The van der Waals surface area contributed by atoms with Crippen molar-refractivity contribution >= 4 is 0 Å². The Labute approximate surface area is 114 Å². The molecule has 3 nitrogen and oxygen atoms in total. The van der Waals surface area contributed by atoms with Crippen LogP contribution in [0.15, 0.2) is 24.3 Å². The summed E-state index contributed by atoms with van der Waals surface area (Å²) < 4.78 is 12.1. The van der Waals surface area contributed by atoms with Gasteiger partial charge in [0.15, 0.2) is 0 Å². The molecule has 104 valence electrons. The number of rotatable bonds is 1. The van der Waals surface area contributed by atoms with Gasteiger partial charge in [-0.3, -0.25) is 0 Å². The molecular formula is C16H22O3. The van der Waals surface area contributed by atoms with Crippen molar-refractivity contribution in [2.75, 3.05) is 6.61 Å². The zero-order valence-corrected chi connectivity index (χ0v) is 11.6. The molecule has 2 aliphatic heterocycles. The van der Waals surface area contributed by atoms with E-state index in [2.05, 4.69) is 13.8 Å². The van der Waals surface area contributed by atoms with E-state index in [-0.39, 0.29) is 11.7 Å². The smallest absolute Gasteiger partial charge is 0.125 e. The second-order valence-corrected chi connectivity index (χ2v) is 6.15. The summed E-state index contributed by atoms with van der Waals surface area (Å²) in [5.74, 6) is 1.32. The average molecular weight is 262 g/mol. The third kappa shape index (κ3) is 2.37. The first kappa shape index (κ1) is 12.9. The quantitative estimate of drug-likeness (QED) is 0.845. The highest BCUT2D eigenvalue weighted by Gasteiger charge is 2.45. The fourth-order valence-electron chi connectivity index (χ4n) is 3.22. The van der Waals surface area contributed by atoms with E-state index in [1.165, 1.54) is 0 Å². The van der Waals surface area contributed by atoms with Crippen molar-refractivity contribution in [2.24, 2.45) is 5.92 Å². The number of aliphatic hydroxyl groups excluding tert-OH is 1. The SMILES string of the molecule is CC(C)C1CC2(CCO1)C[C@H](O)c1ccccc1O2. The molecule has 3 rings (SSSR count). The fourth-order valence-corrected chi connectivity index (χ4v) is 3.22. The first-order valence-corrected chi connectivity index (χ1v) is 7.17. The van der Waals surface area contributed by atoms with Crippen LogP contribution in [-0.2, 0) is 4.74 Å². The number of hydrogen-bond donors (Lipinski definition) is 1. The van der Waals surface area contributed by atoms with Gasteiger partial charge in [0, 0.05) is 24.8 Å². The molecule has 0 amide bonds. The second kappa shape index (κ2) is 4.80. The Morgan fingerprint density at radius 1 is 1.26 bits per heavy atom. The number of aliphatic hydroxyl groups is 1. The zero-order valence-electron chi connectivity index (χ0n) is 11.6. The minimum Gasteiger partial charge on any atom is -0.487 e. The van der Waals surface area contributed by atoms with Crippen molar-refractivity contribution < 1.29 is 14.6 Å². The van der Waals surface area contributed by atoms with Crippen LogP contribution in [0, 0.1) is 5.92 Å². The first-order valence-electron chi connectivity index (χ1n) is 7.17. The van der Waals surface area contributed by atoms with E-state index >= 15 is 0 Å². The van der Waals surface area contributed by atoms with Gasteiger partial charge in [-0.2, -0.15) is 0 Å². The summed E-state index contributed by atoms with van der Waals surface area (Å²) in [7, 11) is 0. The van der Waals surface area contributed by atoms with E-state index in [0.717, 1.165) is 30.8 Å². The van der Waals surface area contributed by atoms with Crippen LogP contribution in [0.3, 0.4) is 0 Å². The maximum atomic E-state index is 10.4. The Kier molecular flexibility index (Phi) is 3.27. The summed E-state index contributed by atoms with van der Waals surface area (Å²) in [5, 5.41) is 10.4. The lowest BCUT2D eigenvalue weighted by molar-refractivity contribution is -0.127. The van der Waals surface area contributed by atoms with Gasteiger partial charge in [-0.05, 0) is 12.0 Å². The molecule has 1 aromatic carbocycles. The van der Waals surface area contributed by atoms with Gasteiger partial charge in [0.2, 0.25) is 0 Å². The molecule has 1 fully saturated rings. The molecule has 19 heavy (non-hydrogen) atoms. The summed E-state index contributed by atoms with van der Waals surface area (Å²) in [6, 6.07) is 7.82. The largest absolute Gasteiger partial charge is 0.487 e. The van der Waals surface area contributed by atoms with Gasteiger partial charge in [-0.15, -0.1) is 0 Å². The average Bonchev–Trinajstić information content (AvgIpc) is 2.38. The van der Waals surface area contributed by atoms with Gasteiger partial charge in [0.05, 0.1) is 18.8 Å². The van der Waals surface area contributed by atoms with Gasteiger partial charge in [-0.1, -0.05) is 32.0 Å². The van der Waals surface area contributed by atoms with Crippen LogP contribution in [0.2, 0.25) is 0 Å². The van der Waals surface area contributed by atoms with Gasteiger partial charge < -0.3 is 14.6 Å². The lowest BCUT2D eigenvalue weighted by Gasteiger charge is -2.46. The molecule has 2 heterocycles. The van der Waals surface area contributed by atoms with Crippen molar-refractivity contribution in [1.82, 2.24) is 0 Å². The van der Waals surface area contributed by atoms with Crippen LogP contribution in [0.1, 0.15) is 44.8 Å². The van der Waals surface area contributed by atoms with Crippen LogP contribution in [0.4, 0.5) is 0 Å². The Morgan fingerprint density at radius 2 is 2.05 bits per heavy atom. The van der Waals surface area contributed by atoms with E-state index in [0.29, 0.717) is 12.3 Å². The van der Waals surface area contributed by atoms with Gasteiger partial charge in [0.25, 0.3) is 0 Å². The molecule has 1 saturated heterocycles. The molecule has 3 heteroatoms. The monoisotopic (exact) mass is 262 g/mol. The molecule has 1 spiro atoms. The van der Waals surface area contributed by atoms with E-state index in [9.17, 15) is 5.11 Å². The van der Waals surface area contributed by atoms with E-state index in [1.54, 1.807) is 0 Å². The number of ether oxygens (including phenoxy) is 2. The summed E-state index contributed by atoms with van der Waals surface area (Å²) in [6.07, 6.45) is 2.22. The molecule has 0 aromatic heterocycles. The van der Waals surface area contributed by atoms with Crippen molar-refractivity contribution in [2.45, 2.75) is 50.9 Å². The first-order chi connectivity index (χ1) is 9.10. The molecule has 2 aliphatic rings. The van der Waals surface area contributed by atoms with Crippen molar-refractivity contribution in [1.29, 1.82) is 0 Å². The molecule has 2 unspecified atom stereocenters. The second-order valence-electron chi connectivity index (χ2n) is 6.15. The fraction of sp³-hybridized carbons (Fsp3) is 0.625. The third-order valence-corrected chi connectivity index (χ3v) is 4.38. The lowest BCUT2D eigenvalue weighted by Crippen LogP contribution is -2.49. The van der Waals surface area contributed by atoms with E-state index in [4.69, 9.17) is 9.47 Å².